The normalized spacial score (nSPS) is 16.0. The van der Waals surface area contributed by atoms with E-state index in [-0.39, 0.29) is 22.8 Å². The second kappa shape index (κ2) is 8.30. The maximum atomic E-state index is 12.6. The van der Waals surface area contributed by atoms with Gasteiger partial charge in [-0.05, 0) is 56.4 Å². The molecule has 1 aromatic carbocycles. The van der Waals surface area contributed by atoms with Gasteiger partial charge in [0.05, 0.1) is 23.7 Å². The molecule has 0 radical (unpaired) electrons. The quantitative estimate of drug-likeness (QED) is 0.758. The zero-order valence-corrected chi connectivity index (χ0v) is 16.7. The van der Waals surface area contributed by atoms with E-state index >= 15 is 0 Å². The predicted octanol–water partition coefficient (Wildman–Crippen LogP) is 3.55. The smallest absolute Gasteiger partial charge is 0.226 e. The first-order valence-electron chi connectivity index (χ1n) is 9.47. The molecule has 5 nitrogen and oxygen atoms in total. The molecule has 0 atom stereocenters. The minimum atomic E-state index is -3.02. The Hall–Kier alpha value is -2.08. The molecule has 1 fully saturated rings. The summed E-state index contributed by atoms with van der Waals surface area (Å²) in [5.41, 5.74) is 1.92. The Balaban J connectivity index is 1.55. The molecular weight excluding hydrogens is 362 g/mol. The molecule has 1 aliphatic rings. The van der Waals surface area contributed by atoms with Crippen molar-refractivity contribution in [3.05, 3.63) is 48.2 Å². The van der Waals surface area contributed by atoms with E-state index < -0.39 is 9.84 Å². The third-order valence-electron chi connectivity index (χ3n) is 5.24. The maximum absolute atomic E-state index is 12.6. The van der Waals surface area contributed by atoms with E-state index in [1.54, 1.807) is 20.1 Å². The summed E-state index contributed by atoms with van der Waals surface area (Å²) in [4.78, 5) is 14.5. The van der Waals surface area contributed by atoms with Gasteiger partial charge in [-0.2, -0.15) is 0 Å². The van der Waals surface area contributed by atoms with Crippen LogP contribution in [-0.4, -0.2) is 43.3 Å². The van der Waals surface area contributed by atoms with E-state index in [0.717, 1.165) is 29.7 Å². The van der Waals surface area contributed by atoms with Crippen molar-refractivity contribution in [1.82, 2.24) is 4.90 Å². The first-order valence-corrected chi connectivity index (χ1v) is 11.2. The number of amides is 1. The first-order chi connectivity index (χ1) is 12.8. The highest BCUT2D eigenvalue weighted by molar-refractivity contribution is 7.91. The van der Waals surface area contributed by atoms with Gasteiger partial charge in [0.15, 0.2) is 9.84 Å². The molecule has 6 heteroatoms. The van der Waals surface area contributed by atoms with Gasteiger partial charge in [0.25, 0.3) is 0 Å². The molecule has 1 amide bonds. The molecule has 1 aliphatic heterocycles. The van der Waals surface area contributed by atoms with Gasteiger partial charge in [-0.15, -0.1) is 0 Å². The van der Waals surface area contributed by atoms with Crippen molar-refractivity contribution in [2.45, 2.75) is 38.4 Å². The van der Waals surface area contributed by atoms with E-state index in [9.17, 15) is 13.2 Å². The van der Waals surface area contributed by atoms with Crippen molar-refractivity contribution in [2.75, 3.05) is 18.8 Å². The summed E-state index contributed by atoms with van der Waals surface area (Å²) in [6.07, 6.45) is 3.49. The largest absolute Gasteiger partial charge is 0.464 e. The van der Waals surface area contributed by atoms with Crippen LogP contribution in [-0.2, 0) is 21.1 Å². The lowest BCUT2D eigenvalue weighted by Crippen LogP contribution is -2.41. The van der Waals surface area contributed by atoms with Gasteiger partial charge in [0.1, 0.15) is 5.76 Å². The van der Waals surface area contributed by atoms with Crippen LogP contribution in [0.3, 0.4) is 0 Å². The number of rotatable bonds is 6. The molecule has 2 heterocycles. The number of carbonyl (C=O) groups excluding carboxylic acids is 1. The highest BCUT2D eigenvalue weighted by Crippen LogP contribution is 2.23. The van der Waals surface area contributed by atoms with Crippen molar-refractivity contribution < 1.29 is 17.6 Å². The molecule has 27 heavy (non-hydrogen) atoms. The van der Waals surface area contributed by atoms with Gasteiger partial charge in [0.2, 0.25) is 5.91 Å². The number of hydrogen-bond acceptors (Lipinski definition) is 4. The Labute approximate surface area is 161 Å². The first kappa shape index (κ1) is 19.7. The van der Waals surface area contributed by atoms with Crippen LogP contribution in [0.1, 0.15) is 32.3 Å². The van der Waals surface area contributed by atoms with E-state index in [1.807, 2.05) is 41.3 Å². The number of piperidine rings is 1. The van der Waals surface area contributed by atoms with Gasteiger partial charge in [0, 0.05) is 18.7 Å². The summed E-state index contributed by atoms with van der Waals surface area (Å²) in [5.74, 6) is 1.27. The lowest BCUT2D eigenvalue weighted by molar-refractivity contribution is -0.131. The van der Waals surface area contributed by atoms with Gasteiger partial charge in [-0.1, -0.05) is 18.2 Å². The van der Waals surface area contributed by atoms with Gasteiger partial charge in [-0.3, -0.25) is 4.79 Å². The lowest BCUT2D eigenvalue weighted by Gasteiger charge is -2.32. The van der Waals surface area contributed by atoms with Gasteiger partial charge in [-0.25, -0.2) is 8.42 Å². The summed E-state index contributed by atoms with van der Waals surface area (Å²) < 4.78 is 29.6. The van der Waals surface area contributed by atoms with Gasteiger partial charge < -0.3 is 9.32 Å². The zero-order valence-electron chi connectivity index (χ0n) is 15.9. The molecule has 3 rings (SSSR count). The Morgan fingerprint density at radius 1 is 1.19 bits per heavy atom. The number of hydrogen-bond donors (Lipinski definition) is 0. The number of likely N-dealkylation sites (tertiary alicyclic amines) is 1. The predicted molar refractivity (Wildman–Crippen MR) is 106 cm³/mol. The van der Waals surface area contributed by atoms with Crippen LogP contribution < -0.4 is 0 Å². The van der Waals surface area contributed by atoms with Crippen molar-refractivity contribution in [2.24, 2.45) is 5.92 Å². The minimum absolute atomic E-state index is 0.0942. The molecule has 0 bridgehead atoms. The molecule has 0 aliphatic carbocycles. The standard InChI is InChI=1S/C21H27NO4S/c1-16(2)27(24,25)15-17-8-10-22(11-9-17)21(23)14-18-5-3-6-19(13-18)20-7-4-12-26-20/h3-7,12-13,16-17H,8-11,14-15H2,1-2H3. The van der Waals surface area contributed by atoms with Crippen molar-refractivity contribution in [3.63, 3.8) is 0 Å². The summed E-state index contributed by atoms with van der Waals surface area (Å²) >= 11 is 0. The molecule has 0 spiro atoms. The summed E-state index contributed by atoms with van der Waals surface area (Å²) in [6.45, 7) is 4.72. The zero-order chi connectivity index (χ0) is 19.4. The third-order valence-corrected chi connectivity index (χ3v) is 7.61. The fourth-order valence-corrected chi connectivity index (χ4v) is 4.81. The minimum Gasteiger partial charge on any atom is -0.464 e. The van der Waals surface area contributed by atoms with Crippen LogP contribution >= 0.6 is 0 Å². The fourth-order valence-electron chi connectivity index (χ4n) is 3.43. The van der Waals surface area contributed by atoms with E-state index in [4.69, 9.17) is 4.42 Å². The Kier molecular flexibility index (Phi) is 6.05. The van der Waals surface area contributed by atoms with E-state index in [1.165, 1.54) is 0 Å². The Bertz CT molecular complexity index is 863. The second-order valence-corrected chi connectivity index (χ2v) is 10.2. The van der Waals surface area contributed by atoms with Crippen molar-refractivity contribution in [3.8, 4) is 11.3 Å². The lowest BCUT2D eigenvalue weighted by atomic mass is 9.98. The second-order valence-electron chi connectivity index (χ2n) is 7.56. The summed E-state index contributed by atoms with van der Waals surface area (Å²) in [7, 11) is -3.02. The number of nitrogens with zero attached hydrogens (tertiary/aromatic N) is 1. The molecule has 0 unspecified atom stereocenters. The third kappa shape index (κ3) is 5.01. The fraction of sp³-hybridized carbons (Fsp3) is 0.476. The van der Waals surface area contributed by atoms with E-state index in [0.29, 0.717) is 19.5 Å². The van der Waals surface area contributed by atoms with Gasteiger partial charge >= 0.3 is 0 Å². The number of sulfone groups is 1. The Morgan fingerprint density at radius 2 is 1.93 bits per heavy atom. The van der Waals surface area contributed by atoms with Crippen LogP contribution in [0, 0.1) is 5.92 Å². The summed E-state index contributed by atoms with van der Waals surface area (Å²) in [5, 5.41) is -0.335. The van der Waals surface area contributed by atoms with Crippen LogP contribution in [0.25, 0.3) is 11.3 Å². The molecular formula is C21H27NO4S. The van der Waals surface area contributed by atoms with Crippen LogP contribution in [0.15, 0.2) is 47.1 Å². The SMILES string of the molecule is CC(C)S(=O)(=O)CC1CCN(C(=O)Cc2cccc(-c3ccco3)c2)CC1. The molecule has 2 aromatic rings. The molecule has 0 saturated carbocycles. The number of benzene rings is 1. The maximum Gasteiger partial charge on any atom is 0.226 e. The van der Waals surface area contributed by atoms with E-state index in [2.05, 4.69) is 0 Å². The summed E-state index contributed by atoms with van der Waals surface area (Å²) in [6, 6.07) is 11.6. The van der Waals surface area contributed by atoms with Crippen LogP contribution in [0.2, 0.25) is 0 Å². The topological polar surface area (TPSA) is 67.6 Å². The molecule has 0 N–H and O–H groups in total. The highest BCUT2D eigenvalue weighted by Gasteiger charge is 2.28. The average Bonchev–Trinajstić information content (AvgIpc) is 3.17. The van der Waals surface area contributed by atoms with Crippen molar-refractivity contribution in [1.29, 1.82) is 0 Å². The Morgan fingerprint density at radius 3 is 2.56 bits per heavy atom. The number of furan rings is 1. The van der Waals surface area contributed by atoms with Crippen LogP contribution in [0.5, 0.6) is 0 Å². The molecule has 1 saturated heterocycles. The molecule has 1 aromatic heterocycles. The van der Waals surface area contributed by atoms with Crippen LogP contribution in [0.4, 0.5) is 0 Å². The average molecular weight is 390 g/mol. The van der Waals surface area contributed by atoms with Crippen molar-refractivity contribution >= 4 is 15.7 Å². The monoisotopic (exact) mass is 389 g/mol. The number of carbonyl (C=O) groups is 1. The molecule has 146 valence electrons. The highest BCUT2D eigenvalue weighted by atomic mass is 32.2.